The Kier molecular flexibility index (Phi) is 2.98. The maximum absolute atomic E-state index is 4.66. The molecular weight excluding hydrogens is 212 g/mol. The zero-order valence-corrected chi connectivity index (χ0v) is 11.4. The van der Waals surface area contributed by atoms with E-state index in [2.05, 4.69) is 49.7 Å². The fourth-order valence-corrected chi connectivity index (χ4v) is 1.96. The van der Waals surface area contributed by atoms with E-state index in [0.717, 1.165) is 30.0 Å². The molecule has 0 fully saturated rings. The number of imidazole rings is 1. The number of H-pyrrole nitrogens is 1. The summed E-state index contributed by atoms with van der Waals surface area (Å²) in [7, 11) is 0. The molecule has 0 amide bonds. The van der Waals surface area contributed by atoms with Crippen LogP contribution in [-0.2, 0) is 13.0 Å². The van der Waals surface area contributed by atoms with E-state index in [0.29, 0.717) is 5.92 Å². The van der Waals surface area contributed by atoms with Gasteiger partial charge in [-0.1, -0.05) is 34.6 Å². The average Bonchev–Trinajstić information content (AvgIpc) is 2.64. The summed E-state index contributed by atoms with van der Waals surface area (Å²) >= 11 is 0. The van der Waals surface area contributed by atoms with Gasteiger partial charge in [0.1, 0.15) is 11.3 Å². The predicted octanol–water partition coefficient (Wildman–Crippen LogP) is 3.00. The highest BCUT2D eigenvalue weighted by molar-refractivity contribution is 5.70. The van der Waals surface area contributed by atoms with Gasteiger partial charge in [0.15, 0.2) is 5.65 Å². The van der Waals surface area contributed by atoms with E-state index in [1.54, 1.807) is 0 Å². The first-order valence-electron chi connectivity index (χ1n) is 6.25. The van der Waals surface area contributed by atoms with Crippen LogP contribution in [0.2, 0.25) is 0 Å². The lowest BCUT2D eigenvalue weighted by Crippen LogP contribution is -2.11. The average molecular weight is 234 g/mol. The van der Waals surface area contributed by atoms with E-state index in [1.807, 2.05) is 10.9 Å². The molecule has 4 nitrogen and oxygen atoms in total. The van der Waals surface area contributed by atoms with Gasteiger partial charge in [0, 0.05) is 13.0 Å². The number of fused-ring (bicyclic) bond motifs is 1. The summed E-state index contributed by atoms with van der Waals surface area (Å²) in [5, 5.41) is 4.36. The van der Waals surface area contributed by atoms with E-state index in [9.17, 15) is 0 Å². The molecule has 0 bridgehead atoms. The van der Waals surface area contributed by atoms with Crippen LogP contribution < -0.4 is 0 Å². The first-order valence-corrected chi connectivity index (χ1v) is 6.25. The number of hydrogen-bond donors (Lipinski definition) is 1. The van der Waals surface area contributed by atoms with Crippen LogP contribution in [-0.4, -0.2) is 19.7 Å². The van der Waals surface area contributed by atoms with Gasteiger partial charge in [0.2, 0.25) is 0 Å². The second kappa shape index (κ2) is 4.17. The summed E-state index contributed by atoms with van der Waals surface area (Å²) in [6, 6.07) is 0. The van der Waals surface area contributed by atoms with E-state index < -0.39 is 0 Å². The molecule has 0 radical (unpaired) electrons. The van der Waals surface area contributed by atoms with Crippen LogP contribution >= 0.6 is 0 Å². The molecular formula is C13H22N4. The van der Waals surface area contributed by atoms with Crippen molar-refractivity contribution in [3.8, 4) is 0 Å². The molecule has 0 aromatic carbocycles. The topological polar surface area (TPSA) is 46.5 Å². The van der Waals surface area contributed by atoms with Gasteiger partial charge in [-0.25, -0.2) is 9.67 Å². The molecule has 4 heteroatoms. The first-order chi connectivity index (χ1) is 7.85. The second-order valence-electron chi connectivity index (χ2n) is 6.38. The van der Waals surface area contributed by atoms with Gasteiger partial charge >= 0.3 is 0 Å². The Balaban J connectivity index is 2.28. The summed E-state index contributed by atoms with van der Waals surface area (Å²) < 4.78 is 1.99. The number of nitrogens with one attached hydrogen (secondary N) is 1. The Morgan fingerprint density at radius 2 is 2.06 bits per heavy atom. The SMILES string of the molecule is CC(C)Cn1ncc2[nH]c(CC(C)(C)C)nc21. The Morgan fingerprint density at radius 3 is 2.65 bits per heavy atom. The predicted molar refractivity (Wildman–Crippen MR) is 69.9 cm³/mol. The number of nitrogens with zero attached hydrogens (tertiary/aromatic N) is 3. The third-order valence-corrected chi connectivity index (χ3v) is 2.57. The van der Waals surface area contributed by atoms with E-state index in [1.165, 1.54) is 0 Å². The number of rotatable bonds is 3. The molecule has 94 valence electrons. The summed E-state index contributed by atoms with van der Waals surface area (Å²) in [6.07, 6.45) is 2.83. The number of hydrogen-bond acceptors (Lipinski definition) is 2. The van der Waals surface area contributed by atoms with Crippen molar-refractivity contribution in [1.82, 2.24) is 19.7 Å². The minimum Gasteiger partial charge on any atom is -0.339 e. The number of aromatic nitrogens is 4. The van der Waals surface area contributed by atoms with Crippen LogP contribution in [0.5, 0.6) is 0 Å². The summed E-state index contributed by atoms with van der Waals surface area (Å²) in [5.74, 6) is 1.64. The molecule has 0 aliphatic rings. The summed E-state index contributed by atoms with van der Waals surface area (Å²) in [6.45, 7) is 12.0. The zero-order valence-electron chi connectivity index (χ0n) is 11.4. The fraction of sp³-hybridized carbons (Fsp3) is 0.692. The maximum atomic E-state index is 4.66. The van der Waals surface area contributed by atoms with Gasteiger partial charge in [-0.15, -0.1) is 0 Å². The quantitative estimate of drug-likeness (QED) is 0.887. The molecule has 0 aliphatic heterocycles. The lowest BCUT2D eigenvalue weighted by Gasteiger charge is -2.15. The van der Waals surface area contributed by atoms with Gasteiger partial charge < -0.3 is 4.98 Å². The van der Waals surface area contributed by atoms with Crippen molar-refractivity contribution >= 4 is 11.2 Å². The smallest absolute Gasteiger partial charge is 0.176 e. The van der Waals surface area contributed by atoms with Crippen LogP contribution in [0.3, 0.4) is 0 Å². The van der Waals surface area contributed by atoms with Gasteiger partial charge in [0.05, 0.1) is 6.20 Å². The fourth-order valence-electron chi connectivity index (χ4n) is 1.96. The molecule has 0 saturated heterocycles. The van der Waals surface area contributed by atoms with Crippen molar-refractivity contribution in [3.63, 3.8) is 0 Å². The molecule has 0 atom stereocenters. The third-order valence-electron chi connectivity index (χ3n) is 2.57. The lowest BCUT2D eigenvalue weighted by molar-refractivity contribution is 0.402. The van der Waals surface area contributed by atoms with Crippen molar-refractivity contribution in [3.05, 3.63) is 12.0 Å². The Bertz CT molecular complexity index is 499. The standard InChI is InChI=1S/C13H22N4/c1-9(2)8-17-12-10(7-14-17)15-11(16-12)6-13(3,4)5/h7,9H,6,8H2,1-5H3,(H,15,16). The molecule has 0 saturated carbocycles. The Hall–Kier alpha value is -1.32. The zero-order chi connectivity index (χ0) is 12.6. The van der Waals surface area contributed by atoms with Crippen molar-refractivity contribution in [2.75, 3.05) is 0 Å². The van der Waals surface area contributed by atoms with Crippen LogP contribution in [0.4, 0.5) is 0 Å². The van der Waals surface area contributed by atoms with Crippen molar-refractivity contribution in [2.45, 2.75) is 47.6 Å². The van der Waals surface area contributed by atoms with Gasteiger partial charge in [-0.3, -0.25) is 0 Å². The highest BCUT2D eigenvalue weighted by Gasteiger charge is 2.16. The van der Waals surface area contributed by atoms with E-state index in [4.69, 9.17) is 0 Å². The maximum Gasteiger partial charge on any atom is 0.176 e. The van der Waals surface area contributed by atoms with Crippen molar-refractivity contribution in [1.29, 1.82) is 0 Å². The largest absolute Gasteiger partial charge is 0.339 e. The highest BCUT2D eigenvalue weighted by atomic mass is 15.3. The van der Waals surface area contributed by atoms with Gasteiger partial charge in [-0.2, -0.15) is 5.10 Å². The van der Waals surface area contributed by atoms with Crippen molar-refractivity contribution < 1.29 is 0 Å². The molecule has 0 aliphatic carbocycles. The Morgan fingerprint density at radius 1 is 1.35 bits per heavy atom. The minimum atomic E-state index is 0.256. The molecule has 0 unspecified atom stereocenters. The molecule has 1 N–H and O–H groups in total. The Labute approximate surface area is 102 Å². The molecule has 0 spiro atoms. The summed E-state index contributed by atoms with van der Waals surface area (Å²) in [5.41, 5.74) is 2.29. The monoisotopic (exact) mass is 234 g/mol. The lowest BCUT2D eigenvalue weighted by atomic mass is 9.92. The van der Waals surface area contributed by atoms with Gasteiger partial charge in [-0.05, 0) is 11.3 Å². The summed E-state index contributed by atoms with van der Waals surface area (Å²) in [4.78, 5) is 8.01. The molecule has 2 heterocycles. The van der Waals surface area contributed by atoms with E-state index >= 15 is 0 Å². The normalized spacial score (nSPS) is 12.8. The van der Waals surface area contributed by atoms with Crippen LogP contribution in [0.25, 0.3) is 11.2 Å². The van der Waals surface area contributed by atoms with E-state index in [-0.39, 0.29) is 5.41 Å². The van der Waals surface area contributed by atoms with Crippen LogP contribution in [0.1, 0.15) is 40.4 Å². The minimum absolute atomic E-state index is 0.256. The molecule has 2 rings (SSSR count). The van der Waals surface area contributed by atoms with Crippen LogP contribution in [0, 0.1) is 11.3 Å². The number of aromatic amines is 1. The third kappa shape index (κ3) is 2.87. The first kappa shape index (κ1) is 12.1. The highest BCUT2D eigenvalue weighted by Crippen LogP contribution is 2.21. The molecule has 17 heavy (non-hydrogen) atoms. The second-order valence-corrected chi connectivity index (χ2v) is 6.38. The molecule has 2 aromatic rings. The molecule has 2 aromatic heterocycles. The van der Waals surface area contributed by atoms with Crippen molar-refractivity contribution in [2.24, 2.45) is 11.3 Å². The van der Waals surface area contributed by atoms with Crippen LogP contribution in [0.15, 0.2) is 6.20 Å². The van der Waals surface area contributed by atoms with Gasteiger partial charge in [0.25, 0.3) is 0 Å².